The Morgan fingerprint density at radius 2 is 1.83 bits per heavy atom. The molecule has 0 spiro atoms. The predicted molar refractivity (Wildman–Crippen MR) is 128 cm³/mol. The number of hydrogen-bond acceptors (Lipinski definition) is 5. The number of benzene rings is 2. The minimum atomic E-state index is 0.144. The van der Waals surface area contributed by atoms with Gasteiger partial charge in [0.15, 0.2) is 5.82 Å². The van der Waals surface area contributed by atoms with E-state index in [1.807, 2.05) is 25.3 Å². The molecule has 2 aromatic heterocycles. The maximum atomic E-state index is 4.49. The second kappa shape index (κ2) is 8.94. The molecule has 2 heterocycles. The van der Waals surface area contributed by atoms with Crippen LogP contribution < -0.4 is 10.6 Å². The maximum absolute atomic E-state index is 4.49. The van der Waals surface area contributed by atoms with Crippen molar-refractivity contribution in [1.29, 1.82) is 0 Å². The van der Waals surface area contributed by atoms with Crippen molar-refractivity contribution in [3.8, 4) is 10.4 Å². The average molecular weight is 417 g/mol. The van der Waals surface area contributed by atoms with E-state index in [1.165, 1.54) is 26.4 Å². The Bertz CT molecular complexity index is 1160. The van der Waals surface area contributed by atoms with Crippen LogP contribution in [0.2, 0.25) is 0 Å². The van der Waals surface area contributed by atoms with Crippen LogP contribution in [0.4, 0.5) is 5.82 Å². The van der Waals surface area contributed by atoms with E-state index >= 15 is 0 Å². The fraction of sp³-hybridized carbons (Fsp3) is 0.280. The van der Waals surface area contributed by atoms with Crippen molar-refractivity contribution in [2.45, 2.75) is 39.8 Å². The normalized spacial score (nSPS) is 12.3. The third kappa shape index (κ3) is 4.09. The monoisotopic (exact) mass is 416 g/mol. The Hall–Kier alpha value is -2.76. The predicted octanol–water partition coefficient (Wildman–Crippen LogP) is 6.12. The van der Waals surface area contributed by atoms with Crippen molar-refractivity contribution >= 4 is 27.9 Å². The van der Waals surface area contributed by atoms with Crippen LogP contribution in [0.5, 0.6) is 0 Å². The topological polar surface area (TPSA) is 49.8 Å². The molecule has 0 aliphatic rings. The van der Waals surface area contributed by atoms with Gasteiger partial charge < -0.3 is 10.6 Å². The summed E-state index contributed by atoms with van der Waals surface area (Å²) >= 11 is 1.83. The van der Waals surface area contributed by atoms with E-state index in [0.29, 0.717) is 0 Å². The highest BCUT2D eigenvalue weighted by Gasteiger charge is 2.15. The lowest BCUT2D eigenvalue weighted by Crippen LogP contribution is -2.08. The summed E-state index contributed by atoms with van der Waals surface area (Å²) in [5, 5.41) is 18.0. The van der Waals surface area contributed by atoms with Crippen LogP contribution in [-0.4, -0.2) is 17.2 Å². The highest BCUT2D eigenvalue weighted by molar-refractivity contribution is 7.15. The Morgan fingerprint density at radius 3 is 2.63 bits per heavy atom. The molecule has 0 radical (unpaired) electrons. The third-order valence-electron chi connectivity index (χ3n) is 5.49. The van der Waals surface area contributed by atoms with Crippen LogP contribution in [0.1, 0.15) is 41.6 Å². The van der Waals surface area contributed by atoms with Gasteiger partial charge in [-0.05, 0) is 62.2 Å². The maximum Gasteiger partial charge on any atom is 0.157 e. The van der Waals surface area contributed by atoms with Crippen LogP contribution in [0.15, 0.2) is 54.6 Å². The Labute approximate surface area is 182 Å². The molecule has 154 valence electrons. The molecular weight excluding hydrogens is 388 g/mol. The minimum Gasteiger partial charge on any atom is -0.361 e. The van der Waals surface area contributed by atoms with Gasteiger partial charge in [-0.15, -0.1) is 16.4 Å². The number of anilines is 1. The quantitative estimate of drug-likeness (QED) is 0.381. The molecule has 2 aromatic carbocycles. The van der Waals surface area contributed by atoms with Gasteiger partial charge in [0.2, 0.25) is 0 Å². The summed E-state index contributed by atoms with van der Waals surface area (Å²) in [5.41, 5.74) is 4.88. The molecule has 0 aliphatic carbocycles. The zero-order valence-electron chi connectivity index (χ0n) is 18.0. The summed E-state index contributed by atoms with van der Waals surface area (Å²) in [4.78, 5) is 2.57. The third-order valence-corrected chi connectivity index (χ3v) is 6.80. The zero-order chi connectivity index (χ0) is 21.1. The molecule has 0 saturated carbocycles. The van der Waals surface area contributed by atoms with Crippen LogP contribution in [-0.2, 0) is 13.0 Å². The summed E-state index contributed by atoms with van der Waals surface area (Å²) in [6.07, 6.45) is 1.01. The van der Waals surface area contributed by atoms with Gasteiger partial charge in [-0.2, -0.15) is 5.10 Å². The lowest BCUT2D eigenvalue weighted by Gasteiger charge is -2.15. The minimum absolute atomic E-state index is 0.144. The van der Waals surface area contributed by atoms with Crippen molar-refractivity contribution in [3.63, 3.8) is 0 Å². The van der Waals surface area contributed by atoms with E-state index in [2.05, 4.69) is 89.3 Å². The van der Waals surface area contributed by atoms with Gasteiger partial charge in [0.25, 0.3) is 0 Å². The molecule has 1 atom stereocenters. The fourth-order valence-electron chi connectivity index (χ4n) is 3.77. The molecule has 2 N–H and O–H groups in total. The second-order valence-corrected chi connectivity index (χ2v) is 8.74. The average Bonchev–Trinajstić information content (AvgIpc) is 3.26. The highest BCUT2D eigenvalue weighted by Crippen LogP contribution is 2.35. The molecule has 0 bridgehead atoms. The molecule has 5 heteroatoms. The second-order valence-electron chi connectivity index (χ2n) is 7.62. The van der Waals surface area contributed by atoms with Crippen LogP contribution in [0.25, 0.3) is 21.2 Å². The molecule has 0 saturated heterocycles. The summed E-state index contributed by atoms with van der Waals surface area (Å²) in [7, 11) is 1.99. The van der Waals surface area contributed by atoms with E-state index < -0.39 is 0 Å². The number of fused-ring (bicyclic) bond motifs is 1. The molecule has 0 unspecified atom stereocenters. The number of aryl methyl sites for hydroxylation is 2. The van der Waals surface area contributed by atoms with Crippen molar-refractivity contribution in [2.24, 2.45) is 0 Å². The number of hydrogen-bond donors (Lipinski definition) is 2. The first-order chi connectivity index (χ1) is 14.6. The van der Waals surface area contributed by atoms with Gasteiger partial charge in [0.05, 0.1) is 11.7 Å². The molecule has 0 aliphatic heterocycles. The van der Waals surface area contributed by atoms with E-state index in [-0.39, 0.29) is 6.04 Å². The lowest BCUT2D eigenvalue weighted by atomic mass is 10.1. The van der Waals surface area contributed by atoms with Gasteiger partial charge in [0, 0.05) is 27.1 Å². The van der Waals surface area contributed by atoms with Crippen molar-refractivity contribution in [2.75, 3.05) is 12.4 Å². The summed E-state index contributed by atoms with van der Waals surface area (Å²) in [5.74, 6) is 0.851. The van der Waals surface area contributed by atoms with E-state index in [1.54, 1.807) is 0 Å². The van der Waals surface area contributed by atoms with Crippen molar-refractivity contribution in [1.82, 2.24) is 15.5 Å². The van der Waals surface area contributed by atoms with Gasteiger partial charge in [0.1, 0.15) is 0 Å². The molecule has 4 rings (SSSR count). The first kappa shape index (κ1) is 20.5. The van der Waals surface area contributed by atoms with E-state index in [4.69, 9.17) is 0 Å². The first-order valence-electron chi connectivity index (χ1n) is 10.5. The Balaban J connectivity index is 1.63. The SMILES string of the molecule is CCc1ccc2c(C)nnc(N[C@H](C)c3ccc(-c4ccccc4CNC)s3)c2c1. The molecule has 30 heavy (non-hydrogen) atoms. The van der Waals surface area contributed by atoms with Crippen molar-refractivity contribution < 1.29 is 0 Å². The fourth-order valence-corrected chi connectivity index (χ4v) is 4.84. The number of rotatable bonds is 7. The molecule has 0 amide bonds. The van der Waals surface area contributed by atoms with Gasteiger partial charge in [-0.1, -0.05) is 43.3 Å². The summed E-state index contributed by atoms with van der Waals surface area (Å²) in [6, 6.07) is 19.8. The standard InChI is InChI=1S/C25H28N4S/c1-5-18-10-11-20-16(2)28-29-25(22(20)14-18)27-17(3)23-12-13-24(30-23)21-9-7-6-8-19(21)15-26-4/h6-14,17,26H,5,15H2,1-4H3,(H,27,29)/t17-/m1/s1. The number of nitrogens with one attached hydrogen (secondary N) is 2. The van der Waals surface area contributed by atoms with E-state index in [9.17, 15) is 0 Å². The van der Waals surface area contributed by atoms with Gasteiger partial charge in [-0.25, -0.2) is 0 Å². The van der Waals surface area contributed by atoms with E-state index in [0.717, 1.165) is 35.2 Å². The summed E-state index contributed by atoms with van der Waals surface area (Å²) in [6.45, 7) is 7.24. The molecule has 4 aromatic rings. The molecule has 0 fully saturated rings. The largest absolute Gasteiger partial charge is 0.361 e. The molecule has 4 nitrogen and oxygen atoms in total. The van der Waals surface area contributed by atoms with Gasteiger partial charge >= 0.3 is 0 Å². The van der Waals surface area contributed by atoms with Crippen LogP contribution in [0, 0.1) is 6.92 Å². The number of nitrogens with zero attached hydrogens (tertiary/aromatic N) is 2. The Morgan fingerprint density at radius 1 is 1.00 bits per heavy atom. The number of aromatic nitrogens is 2. The number of thiophene rings is 1. The van der Waals surface area contributed by atoms with Crippen LogP contribution in [0.3, 0.4) is 0 Å². The van der Waals surface area contributed by atoms with Crippen LogP contribution >= 0.6 is 11.3 Å². The lowest BCUT2D eigenvalue weighted by molar-refractivity contribution is 0.820. The summed E-state index contributed by atoms with van der Waals surface area (Å²) < 4.78 is 0. The zero-order valence-corrected chi connectivity index (χ0v) is 18.8. The first-order valence-corrected chi connectivity index (χ1v) is 11.3. The smallest absolute Gasteiger partial charge is 0.157 e. The molecular formula is C25H28N4S. The Kier molecular flexibility index (Phi) is 6.11. The van der Waals surface area contributed by atoms with Gasteiger partial charge in [-0.3, -0.25) is 0 Å². The highest BCUT2D eigenvalue weighted by atomic mass is 32.1. The van der Waals surface area contributed by atoms with Crippen molar-refractivity contribution in [3.05, 3.63) is 76.3 Å².